The van der Waals surface area contributed by atoms with Crippen LogP contribution in [0.5, 0.6) is 5.75 Å². The summed E-state index contributed by atoms with van der Waals surface area (Å²) < 4.78 is 5.29. The van der Waals surface area contributed by atoms with E-state index in [-0.39, 0.29) is 24.8 Å². The van der Waals surface area contributed by atoms with Crippen LogP contribution in [0.1, 0.15) is 12.8 Å². The van der Waals surface area contributed by atoms with Gasteiger partial charge >= 0.3 is 5.97 Å². The maximum Gasteiger partial charge on any atom is 0.308 e. The quantitative estimate of drug-likeness (QED) is 0.888. The van der Waals surface area contributed by atoms with E-state index in [1.165, 1.54) is 7.11 Å². The zero-order chi connectivity index (χ0) is 17.3. The molecule has 2 aliphatic heterocycles. The Morgan fingerprint density at radius 1 is 1.21 bits per heavy atom. The monoisotopic (exact) mass is 332 g/mol. The molecule has 2 heterocycles. The fraction of sp³-hybridized carbons (Fsp3) is 0.471. The Labute approximate surface area is 139 Å². The summed E-state index contributed by atoms with van der Waals surface area (Å²) in [6.07, 6.45) is 0.614. The van der Waals surface area contributed by atoms with E-state index in [0.717, 1.165) is 0 Å². The van der Waals surface area contributed by atoms with Crippen molar-refractivity contribution >= 4 is 23.5 Å². The van der Waals surface area contributed by atoms with E-state index in [9.17, 15) is 14.4 Å². The molecule has 7 nitrogen and oxygen atoms in total. The number of amides is 2. The number of benzene rings is 1. The SMILES string of the molecule is COc1ccccc1N1CC(C(=O)N2CCC(C(=O)O)C2)CC1=O. The number of anilines is 1. The van der Waals surface area contributed by atoms with Crippen LogP contribution in [0, 0.1) is 11.8 Å². The van der Waals surface area contributed by atoms with Crippen LogP contribution in [-0.4, -0.2) is 54.5 Å². The lowest BCUT2D eigenvalue weighted by Gasteiger charge is -2.21. The van der Waals surface area contributed by atoms with Gasteiger partial charge in [-0.3, -0.25) is 14.4 Å². The van der Waals surface area contributed by atoms with Crippen molar-refractivity contribution in [3.05, 3.63) is 24.3 Å². The number of nitrogens with zero attached hydrogens (tertiary/aromatic N) is 2. The van der Waals surface area contributed by atoms with Gasteiger partial charge in [0.2, 0.25) is 11.8 Å². The number of carboxylic acids is 1. The van der Waals surface area contributed by atoms with Gasteiger partial charge in [0.05, 0.1) is 24.6 Å². The maximum atomic E-state index is 12.6. The number of likely N-dealkylation sites (tertiary alicyclic amines) is 1. The van der Waals surface area contributed by atoms with E-state index in [1.54, 1.807) is 21.9 Å². The van der Waals surface area contributed by atoms with Crippen LogP contribution in [0.3, 0.4) is 0 Å². The van der Waals surface area contributed by atoms with Crippen LogP contribution in [-0.2, 0) is 14.4 Å². The smallest absolute Gasteiger partial charge is 0.308 e. The number of ether oxygens (including phenoxy) is 1. The highest BCUT2D eigenvalue weighted by molar-refractivity contribution is 6.01. The Hall–Kier alpha value is -2.57. The molecule has 128 valence electrons. The molecule has 0 bridgehead atoms. The molecule has 1 N–H and O–H groups in total. The van der Waals surface area contributed by atoms with Crippen LogP contribution in [0.4, 0.5) is 5.69 Å². The average molecular weight is 332 g/mol. The summed E-state index contributed by atoms with van der Waals surface area (Å²) in [5.74, 6) is -1.47. The number of carbonyl (C=O) groups excluding carboxylic acids is 2. The van der Waals surface area contributed by atoms with Gasteiger partial charge in [-0.25, -0.2) is 0 Å². The predicted molar refractivity (Wildman–Crippen MR) is 85.8 cm³/mol. The number of hydrogen-bond donors (Lipinski definition) is 1. The van der Waals surface area contributed by atoms with Crippen molar-refractivity contribution in [3.63, 3.8) is 0 Å². The molecular weight excluding hydrogens is 312 g/mol. The molecule has 2 unspecified atom stereocenters. The maximum absolute atomic E-state index is 12.6. The van der Waals surface area contributed by atoms with Crippen LogP contribution in [0.2, 0.25) is 0 Å². The number of methoxy groups -OCH3 is 1. The molecule has 0 spiro atoms. The second kappa shape index (κ2) is 6.51. The number of carboxylic acid groups (broad SMARTS) is 1. The molecule has 1 aromatic rings. The molecule has 0 radical (unpaired) electrons. The van der Waals surface area contributed by atoms with Crippen molar-refractivity contribution in [2.75, 3.05) is 31.6 Å². The number of aliphatic carboxylic acids is 1. The average Bonchev–Trinajstić information content (AvgIpc) is 3.21. The molecule has 2 aliphatic rings. The molecule has 2 fully saturated rings. The van der Waals surface area contributed by atoms with Gasteiger partial charge in [0.1, 0.15) is 5.75 Å². The number of para-hydroxylation sites is 2. The van der Waals surface area contributed by atoms with Gasteiger partial charge in [-0.1, -0.05) is 12.1 Å². The molecule has 2 atom stereocenters. The lowest BCUT2D eigenvalue weighted by atomic mass is 10.1. The highest BCUT2D eigenvalue weighted by Gasteiger charge is 2.40. The first-order valence-corrected chi connectivity index (χ1v) is 7.96. The standard InChI is InChI=1S/C17H20N2O5/c1-24-14-5-3-2-4-13(14)19-10-12(8-15(19)20)16(21)18-7-6-11(9-18)17(22)23/h2-5,11-12H,6-10H2,1H3,(H,22,23). The van der Waals surface area contributed by atoms with Gasteiger partial charge < -0.3 is 19.6 Å². The van der Waals surface area contributed by atoms with E-state index < -0.39 is 17.8 Å². The van der Waals surface area contributed by atoms with Crippen LogP contribution in [0.15, 0.2) is 24.3 Å². The highest BCUT2D eigenvalue weighted by Crippen LogP contribution is 2.33. The Kier molecular flexibility index (Phi) is 4.42. The summed E-state index contributed by atoms with van der Waals surface area (Å²) in [7, 11) is 1.54. The van der Waals surface area contributed by atoms with Crippen molar-refractivity contribution < 1.29 is 24.2 Å². The first-order valence-electron chi connectivity index (χ1n) is 7.96. The molecule has 0 aromatic heterocycles. The molecule has 0 saturated carbocycles. The third-order valence-electron chi connectivity index (χ3n) is 4.70. The first-order chi connectivity index (χ1) is 11.5. The van der Waals surface area contributed by atoms with Crippen LogP contribution < -0.4 is 9.64 Å². The predicted octanol–water partition coefficient (Wildman–Crippen LogP) is 0.981. The second-order valence-corrected chi connectivity index (χ2v) is 6.19. The molecule has 24 heavy (non-hydrogen) atoms. The first kappa shape index (κ1) is 16.3. The summed E-state index contributed by atoms with van der Waals surface area (Å²) >= 11 is 0. The number of rotatable bonds is 4. The van der Waals surface area contributed by atoms with Crippen molar-refractivity contribution in [1.29, 1.82) is 0 Å². The van der Waals surface area contributed by atoms with Crippen molar-refractivity contribution in [3.8, 4) is 5.75 Å². The van der Waals surface area contributed by atoms with E-state index in [0.29, 0.717) is 30.9 Å². The third-order valence-corrected chi connectivity index (χ3v) is 4.70. The topological polar surface area (TPSA) is 87.2 Å². The zero-order valence-electron chi connectivity index (χ0n) is 13.5. The second-order valence-electron chi connectivity index (χ2n) is 6.19. The summed E-state index contributed by atoms with van der Waals surface area (Å²) in [6, 6.07) is 7.20. The van der Waals surface area contributed by atoms with Gasteiger partial charge in [0.15, 0.2) is 0 Å². The zero-order valence-corrected chi connectivity index (χ0v) is 13.5. The molecule has 0 aliphatic carbocycles. The van der Waals surface area contributed by atoms with Gasteiger partial charge in [-0.05, 0) is 18.6 Å². The Bertz CT molecular complexity index is 675. The van der Waals surface area contributed by atoms with Gasteiger partial charge in [-0.2, -0.15) is 0 Å². The summed E-state index contributed by atoms with van der Waals surface area (Å²) in [5, 5.41) is 9.05. The summed E-state index contributed by atoms with van der Waals surface area (Å²) in [4.78, 5) is 39.2. The van der Waals surface area contributed by atoms with E-state index >= 15 is 0 Å². The van der Waals surface area contributed by atoms with Gasteiger partial charge in [-0.15, -0.1) is 0 Å². The summed E-state index contributed by atoms with van der Waals surface area (Å²) in [6.45, 7) is 0.967. The van der Waals surface area contributed by atoms with Crippen molar-refractivity contribution in [2.45, 2.75) is 12.8 Å². The van der Waals surface area contributed by atoms with Crippen LogP contribution >= 0.6 is 0 Å². The molecule has 2 saturated heterocycles. The lowest BCUT2D eigenvalue weighted by molar-refractivity contribution is -0.141. The molecule has 3 rings (SSSR count). The molecule has 7 heteroatoms. The fourth-order valence-electron chi connectivity index (χ4n) is 3.38. The minimum Gasteiger partial charge on any atom is -0.495 e. The third kappa shape index (κ3) is 2.93. The molecule has 1 aromatic carbocycles. The number of carbonyl (C=O) groups is 3. The molecule has 2 amide bonds. The van der Waals surface area contributed by atoms with Crippen molar-refractivity contribution in [1.82, 2.24) is 4.90 Å². The van der Waals surface area contributed by atoms with E-state index in [1.807, 2.05) is 12.1 Å². The van der Waals surface area contributed by atoms with Crippen molar-refractivity contribution in [2.24, 2.45) is 11.8 Å². The minimum absolute atomic E-state index is 0.119. The van der Waals surface area contributed by atoms with Gasteiger partial charge in [0.25, 0.3) is 0 Å². The number of hydrogen-bond acceptors (Lipinski definition) is 4. The highest BCUT2D eigenvalue weighted by atomic mass is 16.5. The normalized spacial score (nSPS) is 23.6. The fourth-order valence-corrected chi connectivity index (χ4v) is 3.38. The Morgan fingerprint density at radius 2 is 1.96 bits per heavy atom. The van der Waals surface area contributed by atoms with Crippen LogP contribution in [0.25, 0.3) is 0 Å². The molecular formula is C17H20N2O5. The largest absolute Gasteiger partial charge is 0.495 e. The lowest BCUT2D eigenvalue weighted by Crippen LogP contribution is -2.36. The summed E-state index contributed by atoms with van der Waals surface area (Å²) in [5.41, 5.74) is 0.658. The van der Waals surface area contributed by atoms with E-state index in [2.05, 4.69) is 0 Å². The van der Waals surface area contributed by atoms with E-state index in [4.69, 9.17) is 9.84 Å². The minimum atomic E-state index is -0.872. The Morgan fingerprint density at radius 3 is 2.62 bits per heavy atom. The van der Waals surface area contributed by atoms with Gasteiger partial charge in [0, 0.05) is 26.1 Å². The Balaban J connectivity index is 1.71.